The Morgan fingerprint density at radius 2 is 1.73 bits per heavy atom. The van der Waals surface area contributed by atoms with Crippen molar-refractivity contribution in [2.45, 2.75) is 13.3 Å². The monoisotopic (exact) mass is 396 g/mol. The molecule has 2 amide bonds. The molecule has 0 heterocycles. The number of benzene rings is 2. The predicted molar refractivity (Wildman–Crippen MR) is 100 cm³/mol. The third-order valence-corrected chi connectivity index (χ3v) is 3.96. The molecule has 0 saturated heterocycles. The SMILES string of the molecule is CCCOc1c(Cl)cc(C(=O)NNC(=O)c2ccccc2Cl)cc1OC. The highest BCUT2D eigenvalue weighted by Gasteiger charge is 2.17. The Labute approximate surface area is 161 Å². The van der Waals surface area contributed by atoms with Crippen molar-refractivity contribution in [3.05, 3.63) is 57.6 Å². The molecule has 0 aromatic heterocycles. The molecule has 2 N–H and O–H groups in total. The van der Waals surface area contributed by atoms with Crippen LogP contribution in [0.2, 0.25) is 10.0 Å². The average Bonchev–Trinajstić information content (AvgIpc) is 2.64. The Hall–Kier alpha value is -2.44. The summed E-state index contributed by atoms with van der Waals surface area (Å²) in [6, 6.07) is 9.41. The first kappa shape index (κ1) is 19.9. The van der Waals surface area contributed by atoms with Crippen LogP contribution in [0.1, 0.15) is 34.1 Å². The van der Waals surface area contributed by atoms with E-state index in [0.29, 0.717) is 18.1 Å². The molecule has 0 radical (unpaired) electrons. The largest absolute Gasteiger partial charge is 0.493 e. The molecule has 0 fully saturated rings. The van der Waals surface area contributed by atoms with Gasteiger partial charge in [0.15, 0.2) is 11.5 Å². The van der Waals surface area contributed by atoms with Gasteiger partial charge in [-0.05, 0) is 30.7 Å². The van der Waals surface area contributed by atoms with Crippen LogP contribution < -0.4 is 20.3 Å². The molecule has 0 aliphatic carbocycles. The second-order valence-corrected chi connectivity index (χ2v) is 6.04. The first-order valence-electron chi connectivity index (χ1n) is 7.83. The summed E-state index contributed by atoms with van der Waals surface area (Å²) in [7, 11) is 1.45. The Bertz CT molecular complexity index is 812. The molecule has 2 rings (SSSR count). The number of halogens is 2. The molecule has 0 bridgehead atoms. The van der Waals surface area contributed by atoms with Gasteiger partial charge < -0.3 is 9.47 Å². The van der Waals surface area contributed by atoms with Gasteiger partial charge in [0.2, 0.25) is 0 Å². The maximum absolute atomic E-state index is 12.3. The summed E-state index contributed by atoms with van der Waals surface area (Å²) in [5.74, 6) is -0.404. The predicted octanol–water partition coefficient (Wildman–Crippen LogP) is 3.87. The molecule has 8 heteroatoms. The fourth-order valence-electron chi connectivity index (χ4n) is 2.09. The van der Waals surface area contributed by atoms with Crippen LogP contribution in [0.5, 0.6) is 11.5 Å². The Kier molecular flexibility index (Phi) is 7.12. The van der Waals surface area contributed by atoms with Crippen LogP contribution in [0.15, 0.2) is 36.4 Å². The third-order valence-electron chi connectivity index (χ3n) is 3.35. The van der Waals surface area contributed by atoms with E-state index in [1.807, 2.05) is 6.92 Å². The van der Waals surface area contributed by atoms with E-state index in [4.69, 9.17) is 32.7 Å². The Morgan fingerprint density at radius 3 is 2.38 bits per heavy atom. The van der Waals surface area contributed by atoms with Gasteiger partial charge in [-0.15, -0.1) is 0 Å². The summed E-state index contributed by atoms with van der Waals surface area (Å²) in [5, 5.41) is 0.516. The van der Waals surface area contributed by atoms with Gasteiger partial charge in [-0.25, -0.2) is 0 Å². The molecule has 2 aromatic carbocycles. The number of hydrogen-bond acceptors (Lipinski definition) is 4. The highest BCUT2D eigenvalue weighted by molar-refractivity contribution is 6.34. The molecule has 0 unspecified atom stereocenters. The number of hydrogen-bond donors (Lipinski definition) is 2. The third kappa shape index (κ3) is 4.80. The Morgan fingerprint density at radius 1 is 1.04 bits per heavy atom. The van der Waals surface area contributed by atoms with Crippen LogP contribution in [-0.4, -0.2) is 25.5 Å². The van der Waals surface area contributed by atoms with Crippen LogP contribution in [0, 0.1) is 0 Å². The van der Waals surface area contributed by atoms with E-state index in [1.54, 1.807) is 24.3 Å². The number of carbonyl (C=O) groups excluding carboxylic acids is 2. The van der Waals surface area contributed by atoms with Crippen LogP contribution in [0.3, 0.4) is 0 Å². The fourth-order valence-corrected chi connectivity index (χ4v) is 2.58. The molecule has 0 spiro atoms. The maximum atomic E-state index is 12.3. The number of amides is 2. The molecule has 0 aliphatic rings. The van der Waals surface area contributed by atoms with Crippen LogP contribution in [-0.2, 0) is 0 Å². The molecule has 138 valence electrons. The summed E-state index contributed by atoms with van der Waals surface area (Å²) in [4.78, 5) is 24.4. The van der Waals surface area contributed by atoms with Crippen LogP contribution in [0.4, 0.5) is 0 Å². The topological polar surface area (TPSA) is 76.7 Å². The number of carbonyl (C=O) groups is 2. The number of nitrogens with one attached hydrogen (secondary N) is 2. The molecule has 0 atom stereocenters. The van der Waals surface area contributed by atoms with Gasteiger partial charge in [0.1, 0.15) is 0 Å². The minimum atomic E-state index is -0.562. The van der Waals surface area contributed by atoms with Crippen molar-refractivity contribution in [1.29, 1.82) is 0 Å². The molecule has 6 nitrogen and oxygen atoms in total. The van der Waals surface area contributed by atoms with Crippen molar-refractivity contribution in [1.82, 2.24) is 10.9 Å². The highest BCUT2D eigenvalue weighted by Crippen LogP contribution is 2.36. The van der Waals surface area contributed by atoms with Gasteiger partial charge in [0.05, 0.1) is 29.3 Å². The second kappa shape index (κ2) is 9.31. The lowest BCUT2D eigenvalue weighted by molar-refractivity contribution is 0.0846. The van der Waals surface area contributed by atoms with Crippen molar-refractivity contribution >= 4 is 35.0 Å². The smallest absolute Gasteiger partial charge is 0.271 e. The van der Waals surface area contributed by atoms with E-state index in [2.05, 4.69) is 10.9 Å². The average molecular weight is 397 g/mol. The fraction of sp³-hybridized carbons (Fsp3) is 0.222. The van der Waals surface area contributed by atoms with Crippen molar-refractivity contribution in [3.63, 3.8) is 0 Å². The molecule has 26 heavy (non-hydrogen) atoms. The minimum absolute atomic E-state index is 0.204. The van der Waals surface area contributed by atoms with Crippen molar-refractivity contribution in [3.8, 4) is 11.5 Å². The lowest BCUT2D eigenvalue weighted by Crippen LogP contribution is -2.41. The molecule has 2 aromatic rings. The van der Waals surface area contributed by atoms with Gasteiger partial charge in [0, 0.05) is 5.56 Å². The standard InChI is InChI=1S/C18H18Cl2N2O4/c1-3-8-26-16-14(20)9-11(10-15(16)25-2)17(23)21-22-18(24)12-6-4-5-7-13(12)19/h4-7,9-10H,3,8H2,1-2H3,(H,21,23)(H,22,24). The summed E-state index contributed by atoms with van der Waals surface area (Å²) in [6.45, 7) is 2.43. The van der Waals surface area contributed by atoms with E-state index < -0.39 is 11.8 Å². The van der Waals surface area contributed by atoms with E-state index in [-0.39, 0.29) is 21.2 Å². The van der Waals surface area contributed by atoms with Gasteiger partial charge in [-0.1, -0.05) is 42.3 Å². The zero-order chi connectivity index (χ0) is 19.1. The summed E-state index contributed by atoms with van der Waals surface area (Å²) in [5.41, 5.74) is 5.07. The molecule has 0 aliphatic heterocycles. The van der Waals surface area contributed by atoms with E-state index >= 15 is 0 Å². The van der Waals surface area contributed by atoms with E-state index in [1.165, 1.54) is 19.2 Å². The molecule has 0 saturated carbocycles. The normalized spacial score (nSPS) is 10.2. The zero-order valence-corrected chi connectivity index (χ0v) is 15.8. The van der Waals surface area contributed by atoms with Gasteiger partial charge >= 0.3 is 0 Å². The number of rotatable bonds is 6. The zero-order valence-electron chi connectivity index (χ0n) is 14.3. The lowest BCUT2D eigenvalue weighted by Gasteiger charge is -2.14. The van der Waals surface area contributed by atoms with Crippen molar-refractivity contribution < 1.29 is 19.1 Å². The minimum Gasteiger partial charge on any atom is -0.493 e. The quantitative estimate of drug-likeness (QED) is 0.726. The Balaban J connectivity index is 2.11. The van der Waals surface area contributed by atoms with Gasteiger partial charge in [-0.3, -0.25) is 20.4 Å². The summed E-state index contributed by atoms with van der Waals surface area (Å²) < 4.78 is 10.8. The number of methoxy groups -OCH3 is 1. The summed E-state index contributed by atoms with van der Waals surface area (Å²) in [6.07, 6.45) is 0.801. The lowest BCUT2D eigenvalue weighted by atomic mass is 10.2. The maximum Gasteiger partial charge on any atom is 0.271 e. The highest BCUT2D eigenvalue weighted by atomic mass is 35.5. The first-order chi connectivity index (χ1) is 12.5. The number of hydrazine groups is 1. The van der Waals surface area contributed by atoms with Crippen molar-refractivity contribution in [2.24, 2.45) is 0 Å². The second-order valence-electron chi connectivity index (χ2n) is 5.23. The van der Waals surface area contributed by atoms with Crippen LogP contribution >= 0.6 is 23.2 Å². The molecular formula is C18H18Cl2N2O4. The van der Waals surface area contributed by atoms with Crippen LogP contribution in [0.25, 0.3) is 0 Å². The van der Waals surface area contributed by atoms with Crippen molar-refractivity contribution in [2.75, 3.05) is 13.7 Å². The van der Waals surface area contributed by atoms with Gasteiger partial charge in [0.25, 0.3) is 11.8 Å². The van der Waals surface area contributed by atoms with E-state index in [9.17, 15) is 9.59 Å². The van der Waals surface area contributed by atoms with Gasteiger partial charge in [-0.2, -0.15) is 0 Å². The summed E-state index contributed by atoms with van der Waals surface area (Å²) >= 11 is 12.1. The van der Waals surface area contributed by atoms with E-state index in [0.717, 1.165) is 6.42 Å². The number of ether oxygens (including phenoxy) is 2. The molecular weight excluding hydrogens is 379 g/mol. The first-order valence-corrected chi connectivity index (χ1v) is 8.59.